The second kappa shape index (κ2) is 7.28. The second-order valence-corrected chi connectivity index (χ2v) is 7.57. The summed E-state index contributed by atoms with van der Waals surface area (Å²) in [5, 5.41) is 7.04. The number of pyridine rings is 2. The molecule has 1 aliphatic rings. The third-order valence-electron chi connectivity index (χ3n) is 5.49. The predicted molar refractivity (Wildman–Crippen MR) is 114 cm³/mol. The van der Waals surface area contributed by atoms with Crippen molar-refractivity contribution in [1.82, 2.24) is 15.0 Å². The van der Waals surface area contributed by atoms with E-state index in [1.807, 2.05) is 64.1 Å². The van der Waals surface area contributed by atoms with Crippen LogP contribution in [-0.2, 0) is 4.79 Å². The molecule has 3 aromatic rings. The highest BCUT2D eigenvalue weighted by molar-refractivity contribution is 6.06. The van der Waals surface area contributed by atoms with Crippen LogP contribution in [0.4, 0.5) is 0 Å². The third kappa shape index (κ3) is 3.35. The Morgan fingerprint density at radius 3 is 2.55 bits per heavy atom. The largest absolute Gasteiger partial charge is 0.306 e. The molecule has 0 saturated heterocycles. The summed E-state index contributed by atoms with van der Waals surface area (Å²) in [7, 11) is 0. The van der Waals surface area contributed by atoms with E-state index in [1.165, 1.54) is 5.01 Å². The zero-order chi connectivity index (χ0) is 20.7. The van der Waals surface area contributed by atoms with Gasteiger partial charge in [-0.2, -0.15) is 5.10 Å². The molecule has 1 N–H and O–H groups in total. The molecule has 6 nitrogen and oxygen atoms in total. The van der Waals surface area contributed by atoms with Crippen LogP contribution < -0.4 is 5.56 Å². The Morgan fingerprint density at radius 1 is 1.14 bits per heavy atom. The van der Waals surface area contributed by atoms with Gasteiger partial charge < -0.3 is 4.98 Å². The monoisotopic (exact) mass is 388 g/mol. The number of aryl methyl sites for hydroxylation is 3. The molecular weight excluding hydrogens is 364 g/mol. The van der Waals surface area contributed by atoms with Crippen LogP contribution in [0.1, 0.15) is 53.8 Å². The molecule has 6 heteroatoms. The molecule has 0 saturated carbocycles. The van der Waals surface area contributed by atoms with Gasteiger partial charge in [0.15, 0.2) is 0 Å². The summed E-state index contributed by atoms with van der Waals surface area (Å²) in [4.78, 5) is 32.8. The number of carbonyl (C=O) groups is 1. The summed E-state index contributed by atoms with van der Waals surface area (Å²) >= 11 is 0. The molecule has 0 aliphatic carbocycles. The first-order chi connectivity index (χ1) is 13.9. The fraction of sp³-hybridized carbons (Fsp3) is 0.304. The molecule has 3 heterocycles. The molecule has 0 spiro atoms. The summed E-state index contributed by atoms with van der Waals surface area (Å²) in [6, 6.07) is 11.8. The Hall–Kier alpha value is -3.28. The van der Waals surface area contributed by atoms with Crippen molar-refractivity contribution < 1.29 is 4.79 Å². The van der Waals surface area contributed by atoms with Gasteiger partial charge in [0.25, 0.3) is 5.56 Å². The topological polar surface area (TPSA) is 78.4 Å². The van der Waals surface area contributed by atoms with E-state index in [9.17, 15) is 9.59 Å². The van der Waals surface area contributed by atoms with E-state index in [2.05, 4.69) is 15.1 Å². The number of hydrogen-bond donors (Lipinski definition) is 1. The Kier molecular flexibility index (Phi) is 4.78. The number of hydrazone groups is 1. The maximum atomic E-state index is 12.9. The number of benzene rings is 1. The Bertz CT molecular complexity index is 1190. The summed E-state index contributed by atoms with van der Waals surface area (Å²) in [5.74, 6) is -0.0577. The molecule has 1 aromatic carbocycles. The van der Waals surface area contributed by atoms with Crippen molar-refractivity contribution in [3.05, 3.63) is 74.7 Å². The van der Waals surface area contributed by atoms with Gasteiger partial charge in [-0.05, 0) is 44.0 Å². The number of fused-ring (bicyclic) bond motifs is 1. The van der Waals surface area contributed by atoms with Crippen molar-refractivity contribution in [3.63, 3.8) is 0 Å². The van der Waals surface area contributed by atoms with Gasteiger partial charge in [0.05, 0.1) is 17.3 Å². The number of nitrogens with zero attached hydrogens (tertiary/aromatic N) is 3. The summed E-state index contributed by atoms with van der Waals surface area (Å²) in [6.45, 7) is 7.66. The van der Waals surface area contributed by atoms with Crippen LogP contribution in [0, 0.1) is 20.8 Å². The number of amides is 1. The first kappa shape index (κ1) is 19.1. The van der Waals surface area contributed by atoms with Gasteiger partial charge in [-0.25, -0.2) is 9.99 Å². The molecule has 29 heavy (non-hydrogen) atoms. The predicted octanol–water partition coefficient (Wildman–Crippen LogP) is 3.94. The van der Waals surface area contributed by atoms with Crippen LogP contribution in [0.3, 0.4) is 0 Å². The number of aromatic nitrogens is 2. The van der Waals surface area contributed by atoms with Crippen LogP contribution in [0.15, 0.2) is 46.3 Å². The van der Waals surface area contributed by atoms with Gasteiger partial charge in [0.2, 0.25) is 5.91 Å². The van der Waals surface area contributed by atoms with Gasteiger partial charge in [0.1, 0.15) is 5.65 Å². The van der Waals surface area contributed by atoms with E-state index in [0.29, 0.717) is 29.8 Å². The first-order valence-corrected chi connectivity index (χ1v) is 9.85. The molecule has 1 atom stereocenters. The van der Waals surface area contributed by atoms with Crippen molar-refractivity contribution in [2.24, 2.45) is 5.10 Å². The highest BCUT2D eigenvalue weighted by Crippen LogP contribution is 2.34. The minimum Gasteiger partial charge on any atom is -0.306 e. The van der Waals surface area contributed by atoms with Crippen LogP contribution >= 0.6 is 0 Å². The molecule has 1 aliphatic heterocycles. The zero-order valence-electron chi connectivity index (χ0n) is 17.1. The Balaban J connectivity index is 1.82. The average molecular weight is 388 g/mol. The zero-order valence-corrected chi connectivity index (χ0v) is 17.1. The lowest BCUT2D eigenvalue weighted by Crippen LogP contribution is -2.26. The Morgan fingerprint density at radius 2 is 1.86 bits per heavy atom. The quantitative estimate of drug-likeness (QED) is 0.738. The molecule has 1 amide bonds. The van der Waals surface area contributed by atoms with Crippen LogP contribution in [0.5, 0.6) is 0 Å². The van der Waals surface area contributed by atoms with Gasteiger partial charge >= 0.3 is 0 Å². The van der Waals surface area contributed by atoms with Crippen LogP contribution in [0.25, 0.3) is 11.0 Å². The number of aromatic amines is 1. The van der Waals surface area contributed by atoms with Gasteiger partial charge in [-0.1, -0.05) is 36.8 Å². The fourth-order valence-electron chi connectivity index (χ4n) is 3.88. The van der Waals surface area contributed by atoms with E-state index in [-0.39, 0.29) is 17.5 Å². The first-order valence-electron chi connectivity index (χ1n) is 9.85. The number of carbonyl (C=O) groups excluding carboxylic acids is 1. The van der Waals surface area contributed by atoms with Crippen LogP contribution in [-0.4, -0.2) is 26.6 Å². The number of nitrogens with one attached hydrogen (secondary N) is 1. The number of H-pyrrole nitrogens is 1. The van der Waals surface area contributed by atoms with Crippen molar-refractivity contribution in [2.45, 2.75) is 46.6 Å². The standard InChI is InChI=1S/C23H24N4O2/c1-5-20(28)27-19(16-9-6-13(2)7-10-16)12-18(26-27)21-15(4)17-11-8-14(3)24-22(17)25-23(21)29/h6-11,19H,5,12H2,1-4H3,(H,24,25,29). The highest BCUT2D eigenvalue weighted by Gasteiger charge is 2.34. The number of hydrogen-bond acceptors (Lipinski definition) is 4. The Labute approximate surface area is 169 Å². The molecule has 0 fully saturated rings. The lowest BCUT2D eigenvalue weighted by molar-refractivity contribution is -0.132. The summed E-state index contributed by atoms with van der Waals surface area (Å²) in [5.41, 5.74) is 5.38. The SMILES string of the molecule is CCC(=O)N1N=C(c2c(C)c3ccc(C)nc3[nH]c2=O)CC1c1ccc(C)cc1. The van der Waals surface area contributed by atoms with E-state index < -0.39 is 0 Å². The van der Waals surface area contributed by atoms with E-state index in [4.69, 9.17) is 0 Å². The molecule has 148 valence electrons. The summed E-state index contributed by atoms with van der Waals surface area (Å²) < 4.78 is 0. The minimum absolute atomic E-state index is 0.0577. The normalized spacial score (nSPS) is 16.3. The van der Waals surface area contributed by atoms with Crippen molar-refractivity contribution in [2.75, 3.05) is 0 Å². The maximum absolute atomic E-state index is 12.9. The fourth-order valence-corrected chi connectivity index (χ4v) is 3.88. The van der Waals surface area contributed by atoms with Crippen molar-refractivity contribution in [1.29, 1.82) is 0 Å². The number of rotatable bonds is 3. The maximum Gasteiger partial charge on any atom is 0.259 e. The van der Waals surface area contributed by atoms with Gasteiger partial charge in [0, 0.05) is 23.9 Å². The third-order valence-corrected chi connectivity index (χ3v) is 5.49. The smallest absolute Gasteiger partial charge is 0.259 e. The van der Waals surface area contributed by atoms with E-state index in [1.54, 1.807) is 0 Å². The second-order valence-electron chi connectivity index (χ2n) is 7.57. The van der Waals surface area contributed by atoms with Gasteiger partial charge in [-0.3, -0.25) is 9.59 Å². The molecule has 0 radical (unpaired) electrons. The van der Waals surface area contributed by atoms with E-state index in [0.717, 1.165) is 27.8 Å². The highest BCUT2D eigenvalue weighted by atomic mass is 16.2. The van der Waals surface area contributed by atoms with Crippen molar-refractivity contribution in [3.8, 4) is 0 Å². The van der Waals surface area contributed by atoms with E-state index >= 15 is 0 Å². The minimum atomic E-state index is -0.222. The van der Waals surface area contributed by atoms with Gasteiger partial charge in [-0.15, -0.1) is 0 Å². The molecule has 2 aromatic heterocycles. The molecular formula is C23H24N4O2. The van der Waals surface area contributed by atoms with Crippen LogP contribution in [0.2, 0.25) is 0 Å². The lowest BCUT2D eigenvalue weighted by atomic mass is 9.95. The van der Waals surface area contributed by atoms with Crippen molar-refractivity contribution >= 4 is 22.7 Å². The average Bonchev–Trinajstić information content (AvgIpc) is 3.12. The summed E-state index contributed by atoms with van der Waals surface area (Å²) in [6.07, 6.45) is 0.860. The molecule has 0 bridgehead atoms. The molecule has 1 unspecified atom stereocenters. The lowest BCUT2D eigenvalue weighted by Gasteiger charge is -2.21. The molecule has 4 rings (SSSR count).